The summed E-state index contributed by atoms with van der Waals surface area (Å²) >= 11 is 2.79. The van der Waals surface area contributed by atoms with Gasteiger partial charge in [-0.2, -0.15) is 0 Å². The lowest BCUT2D eigenvalue weighted by Gasteiger charge is -2.12. The molecule has 0 aliphatic carbocycles. The van der Waals surface area contributed by atoms with E-state index in [1.807, 2.05) is 79.7 Å². The Kier molecular flexibility index (Phi) is 10.8. The fourth-order valence-electron chi connectivity index (χ4n) is 4.57. The van der Waals surface area contributed by atoms with Crippen molar-refractivity contribution in [2.45, 2.75) is 31.6 Å². The number of aromatic nitrogens is 1. The third-order valence-electron chi connectivity index (χ3n) is 6.99. The summed E-state index contributed by atoms with van der Waals surface area (Å²) in [4.78, 5) is 45.7. The molecule has 0 saturated heterocycles. The molecule has 5 rings (SSSR count). The van der Waals surface area contributed by atoms with Crippen molar-refractivity contribution < 1.29 is 14.4 Å². The van der Waals surface area contributed by atoms with E-state index in [1.54, 1.807) is 42.5 Å². The van der Waals surface area contributed by atoms with Crippen LogP contribution in [0.3, 0.4) is 0 Å². The van der Waals surface area contributed by atoms with Crippen LogP contribution in [0.25, 0.3) is 17.3 Å². The van der Waals surface area contributed by atoms with E-state index in [9.17, 15) is 14.4 Å². The monoisotopic (exact) mass is 646 g/mol. The normalized spacial score (nSPS) is 11.3. The van der Waals surface area contributed by atoms with Crippen molar-refractivity contribution in [3.63, 3.8) is 0 Å². The number of thiazole rings is 1. The summed E-state index contributed by atoms with van der Waals surface area (Å²) in [6, 6.07) is 33.7. The van der Waals surface area contributed by atoms with Crippen molar-refractivity contribution in [3.8, 4) is 11.3 Å². The lowest BCUT2D eigenvalue weighted by Crippen LogP contribution is -2.30. The average molecular weight is 647 g/mol. The predicted octanol–water partition coefficient (Wildman–Crippen LogP) is 8.38. The number of rotatable bonds is 11. The molecule has 0 aliphatic heterocycles. The van der Waals surface area contributed by atoms with Crippen LogP contribution in [-0.2, 0) is 9.59 Å². The second kappa shape index (κ2) is 15.3. The van der Waals surface area contributed by atoms with E-state index in [0.717, 1.165) is 26.6 Å². The first kappa shape index (κ1) is 32.4. The summed E-state index contributed by atoms with van der Waals surface area (Å²) in [6.45, 7) is 6.22. The van der Waals surface area contributed by atoms with Crippen molar-refractivity contribution in [1.29, 1.82) is 0 Å². The maximum absolute atomic E-state index is 13.5. The van der Waals surface area contributed by atoms with Crippen molar-refractivity contribution in [1.82, 2.24) is 10.3 Å². The summed E-state index contributed by atoms with van der Waals surface area (Å²) in [5.74, 6) is -0.488. The molecule has 4 aromatic carbocycles. The van der Waals surface area contributed by atoms with Gasteiger partial charge in [-0.25, -0.2) is 4.98 Å². The summed E-state index contributed by atoms with van der Waals surface area (Å²) in [5.41, 5.74) is 4.91. The summed E-state index contributed by atoms with van der Waals surface area (Å²) in [6.07, 6.45) is 1.66. The number of hydrogen-bond donors (Lipinski definition) is 3. The second-order valence-corrected chi connectivity index (χ2v) is 13.1. The number of thioether (sulfide) groups is 1. The molecule has 1 aromatic heterocycles. The Hall–Kier alpha value is -4.99. The van der Waals surface area contributed by atoms with Crippen molar-refractivity contribution in [2.24, 2.45) is 0 Å². The van der Waals surface area contributed by atoms with E-state index in [-0.39, 0.29) is 23.3 Å². The molecule has 3 N–H and O–H groups in total. The number of hydrogen-bond acceptors (Lipinski definition) is 6. The van der Waals surface area contributed by atoms with Gasteiger partial charge in [-0.1, -0.05) is 92.7 Å². The highest BCUT2D eigenvalue weighted by Crippen LogP contribution is 2.30. The van der Waals surface area contributed by atoms with Gasteiger partial charge < -0.3 is 16.0 Å². The number of amides is 3. The summed E-state index contributed by atoms with van der Waals surface area (Å²) in [7, 11) is 0. The highest BCUT2D eigenvalue weighted by molar-refractivity contribution is 8.00. The largest absolute Gasteiger partial charge is 0.321 e. The van der Waals surface area contributed by atoms with Crippen molar-refractivity contribution in [2.75, 3.05) is 16.4 Å². The summed E-state index contributed by atoms with van der Waals surface area (Å²) in [5, 5.41) is 9.13. The van der Waals surface area contributed by atoms with Crippen molar-refractivity contribution >= 4 is 57.7 Å². The van der Waals surface area contributed by atoms with Crippen LogP contribution in [-0.4, -0.2) is 28.5 Å². The first-order valence-electron chi connectivity index (χ1n) is 14.8. The zero-order chi connectivity index (χ0) is 32.5. The van der Waals surface area contributed by atoms with Crippen LogP contribution >= 0.6 is 23.1 Å². The topological polar surface area (TPSA) is 100 Å². The molecule has 0 aliphatic rings. The molecule has 5 aromatic rings. The average Bonchev–Trinajstić information content (AvgIpc) is 3.44. The highest BCUT2D eigenvalue weighted by Gasteiger charge is 2.16. The van der Waals surface area contributed by atoms with Gasteiger partial charge in [0.25, 0.3) is 11.8 Å². The fraction of sp³-hybridized carbons (Fsp3) is 0.135. The van der Waals surface area contributed by atoms with Gasteiger partial charge in [-0.05, 0) is 60.4 Å². The van der Waals surface area contributed by atoms with E-state index in [2.05, 4.69) is 34.8 Å². The number of nitrogens with one attached hydrogen (secondary N) is 3. The quantitative estimate of drug-likeness (QED) is 0.0989. The number of nitrogens with zero attached hydrogens (tertiary/aromatic N) is 1. The number of carbonyl (C=O) groups excluding carboxylic acids is 3. The van der Waals surface area contributed by atoms with Gasteiger partial charge in [0.2, 0.25) is 5.91 Å². The molecule has 0 unspecified atom stereocenters. The molecule has 0 fully saturated rings. The Morgan fingerprint density at radius 3 is 2.24 bits per heavy atom. The van der Waals surface area contributed by atoms with Crippen LogP contribution in [0.5, 0.6) is 0 Å². The van der Waals surface area contributed by atoms with Gasteiger partial charge in [0.15, 0.2) is 5.13 Å². The first-order chi connectivity index (χ1) is 22.2. The molecule has 0 spiro atoms. The van der Waals surface area contributed by atoms with E-state index in [0.29, 0.717) is 22.3 Å². The Bertz CT molecular complexity index is 1850. The zero-order valence-corrected chi connectivity index (χ0v) is 27.4. The maximum atomic E-state index is 13.5. The first-order valence-corrected chi connectivity index (χ1v) is 16.6. The van der Waals surface area contributed by atoms with E-state index in [1.165, 1.54) is 28.7 Å². The second-order valence-electron chi connectivity index (χ2n) is 10.8. The number of carbonyl (C=O) groups is 3. The zero-order valence-electron chi connectivity index (χ0n) is 25.7. The molecular formula is C37H34N4O3S2. The van der Waals surface area contributed by atoms with E-state index < -0.39 is 5.91 Å². The van der Waals surface area contributed by atoms with Gasteiger partial charge in [0.1, 0.15) is 5.70 Å². The lowest BCUT2D eigenvalue weighted by molar-refractivity contribution is -0.114. The summed E-state index contributed by atoms with van der Waals surface area (Å²) < 4.78 is 0. The minimum absolute atomic E-state index is 0.109. The molecule has 232 valence electrons. The Morgan fingerprint density at radius 2 is 1.54 bits per heavy atom. The smallest absolute Gasteiger partial charge is 0.272 e. The predicted molar refractivity (Wildman–Crippen MR) is 189 cm³/mol. The minimum Gasteiger partial charge on any atom is -0.321 e. The fourth-order valence-corrected chi connectivity index (χ4v) is 6.17. The standard InChI is InChI=1S/C37H34N4O3S2/c1-24(2)27-19-17-26(18-20-27)21-32(39-35(43)29-13-8-5-9-14-29)36(44)38-30-15-10-16-31(22-30)45-23-33(42)40-37-41-34(25(3)46-37)28-11-6-4-7-12-28/h4-22,24H,23H2,1-3H3,(H,38,44)(H,39,43)(H,40,41,42)/b32-21+. The molecule has 3 amide bonds. The molecule has 46 heavy (non-hydrogen) atoms. The molecule has 1 heterocycles. The van der Waals surface area contributed by atoms with Crippen molar-refractivity contribution in [3.05, 3.63) is 136 Å². The van der Waals surface area contributed by atoms with Gasteiger partial charge >= 0.3 is 0 Å². The lowest BCUT2D eigenvalue weighted by atomic mass is 10.0. The highest BCUT2D eigenvalue weighted by atomic mass is 32.2. The Balaban J connectivity index is 1.25. The Morgan fingerprint density at radius 1 is 0.848 bits per heavy atom. The molecule has 0 bridgehead atoms. The molecule has 9 heteroatoms. The maximum Gasteiger partial charge on any atom is 0.272 e. The van der Waals surface area contributed by atoms with Crippen LogP contribution in [0.4, 0.5) is 10.8 Å². The van der Waals surface area contributed by atoms with Crippen LogP contribution in [0.1, 0.15) is 46.1 Å². The molecular weight excluding hydrogens is 613 g/mol. The van der Waals surface area contributed by atoms with Crippen LogP contribution in [0.15, 0.2) is 120 Å². The number of anilines is 2. The van der Waals surface area contributed by atoms with Crippen LogP contribution in [0.2, 0.25) is 0 Å². The molecule has 0 atom stereocenters. The van der Waals surface area contributed by atoms with E-state index >= 15 is 0 Å². The third-order valence-corrected chi connectivity index (χ3v) is 8.87. The molecule has 0 radical (unpaired) electrons. The number of aryl methyl sites for hydroxylation is 1. The third kappa shape index (κ3) is 8.80. The SMILES string of the molecule is Cc1sc(NC(=O)CSc2cccc(NC(=O)/C(=C\c3ccc(C(C)C)cc3)NC(=O)c3ccccc3)c2)nc1-c1ccccc1. The Labute approximate surface area is 277 Å². The van der Waals surface area contributed by atoms with Gasteiger partial charge in [-0.3, -0.25) is 14.4 Å². The van der Waals surface area contributed by atoms with Crippen LogP contribution in [0, 0.1) is 6.92 Å². The van der Waals surface area contributed by atoms with Gasteiger partial charge in [0, 0.05) is 26.6 Å². The van der Waals surface area contributed by atoms with Crippen LogP contribution < -0.4 is 16.0 Å². The number of benzene rings is 4. The van der Waals surface area contributed by atoms with Gasteiger partial charge in [0.05, 0.1) is 11.4 Å². The molecule has 0 saturated carbocycles. The minimum atomic E-state index is -0.467. The van der Waals surface area contributed by atoms with Gasteiger partial charge in [-0.15, -0.1) is 23.1 Å². The van der Waals surface area contributed by atoms with E-state index in [4.69, 9.17) is 0 Å². The molecule has 7 nitrogen and oxygen atoms in total.